The van der Waals surface area contributed by atoms with Crippen molar-refractivity contribution in [3.63, 3.8) is 0 Å². The molecule has 0 unspecified atom stereocenters. The molecule has 0 bridgehead atoms. The van der Waals surface area contributed by atoms with Gasteiger partial charge in [-0.1, -0.05) is 60.7 Å². The number of carbonyl (C=O) groups excluding carboxylic acids is 2. The Bertz CT molecular complexity index is 786. The zero-order valence-corrected chi connectivity index (χ0v) is 17.9. The van der Waals surface area contributed by atoms with Crippen molar-refractivity contribution in [1.82, 2.24) is 15.5 Å². The van der Waals surface area contributed by atoms with Gasteiger partial charge in [0.1, 0.15) is 5.60 Å². The van der Waals surface area contributed by atoms with Crippen LogP contribution in [0, 0.1) is 0 Å². The zero-order chi connectivity index (χ0) is 21.6. The lowest BCUT2D eigenvalue weighted by atomic mass is 9.99. The van der Waals surface area contributed by atoms with Crippen LogP contribution in [0.1, 0.15) is 50.8 Å². The second-order valence-corrected chi connectivity index (χ2v) is 8.61. The van der Waals surface area contributed by atoms with Crippen molar-refractivity contribution >= 4 is 12.1 Å². The lowest BCUT2D eigenvalue weighted by Gasteiger charge is -2.34. The van der Waals surface area contributed by atoms with Crippen LogP contribution in [0.5, 0.6) is 0 Å². The van der Waals surface area contributed by atoms with E-state index in [4.69, 9.17) is 4.74 Å². The maximum Gasteiger partial charge on any atom is 0.410 e. The number of nitrogens with zero attached hydrogens (tertiary/aromatic N) is 1. The van der Waals surface area contributed by atoms with Crippen molar-refractivity contribution in [3.8, 4) is 0 Å². The van der Waals surface area contributed by atoms with Crippen LogP contribution in [0.3, 0.4) is 0 Å². The number of piperidine rings is 1. The third-order valence-electron chi connectivity index (χ3n) is 5.02. The molecule has 3 rings (SSSR count). The summed E-state index contributed by atoms with van der Waals surface area (Å²) in [5.41, 5.74) is 1.55. The van der Waals surface area contributed by atoms with E-state index in [1.807, 2.05) is 81.4 Å². The normalized spacial score (nSPS) is 15.0. The number of urea groups is 1. The molecule has 2 aromatic rings. The smallest absolute Gasteiger partial charge is 0.410 e. The van der Waals surface area contributed by atoms with Crippen LogP contribution < -0.4 is 10.6 Å². The highest BCUT2D eigenvalue weighted by atomic mass is 16.6. The van der Waals surface area contributed by atoms with Gasteiger partial charge in [-0.2, -0.15) is 0 Å². The van der Waals surface area contributed by atoms with Gasteiger partial charge in [-0.15, -0.1) is 0 Å². The highest BCUT2D eigenvalue weighted by molar-refractivity contribution is 5.75. The van der Waals surface area contributed by atoms with Gasteiger partial charge in [0.05, 0.1) is 6.04 Å². The number of nitrogens with one attached hydrogen (secondary N) is 2. The van der Waals surface area contributed by atoms with E-state index >= 15 is 0 Å². The molecule has 0 saturated carbocycles. The molecule has 0 aromatic heterocycles. The summed E-state index contributed by atoms with van der Waals surface area (Å²) in [6.45, 7) is 6.72. The van der Waals surface area contributed by atoms with Gasteiger partial charge in [-0.3, -0.25) is 0 Å². The van der Waals surface area contributed by atoms with E-state index in [9.17, 15) is 9.59 Å². The summed E-state index contributed by atoms with van der Waals surface area (Å²) >= 11 is 0. The number of carbonyl (C=O) groups is 2. The molecule has 3 amide bonds. The molecule has 1 aliphatic heterocycles. The molecule has 2 aromatic carbocycles. The van der Waals surface area contributed by atoms with Crippen molar-refractivity contribution in [2.45, 2.75) is 51.3 Å². The third-order valence-corrected chi connectivity index (χ3v) is 5.02. The number of amides is 3. The topological polar surface area (TPSA) is 70.7 Å². The molecule has 1 heterocycles. The molecule has 1 fully saturated rings. The second kappa shape index (κ2) is 9.65. The van der Waals surface area contributed by atoms with Crippen LogP contribution in [-0.2, 0) is 4.74 Å². The first-order valence-electron chi connectivity index (χ1n) is 10.5. The van der Waals surface area contributed by atoms with E-state index in [0.29, 0.717) is 25.9 Å². The van der Waals surface area contributed by atoms with Gasteiger partial charge in [0.25, 0.3) is 0 Å². The second-order valence-electron chi connectivity index (χ2n) is 8.61. The summed E-state index contributed by atoms with van der Waals surface area (Å²) in [4.78, 5) is 26.7. The Morgan fingerprint density at radius 3 is 1.90 bits per heavy atom. The van der Waals surface area contributed by atoms with Crippen molar-refractivity contribution in [2.75, 3.05) is 13.1 Å². The number of likely N-dealkylation sites (tertiary alicyclic amines) is 1. The standard InChI is InChI=1S/C24H31N3O3/c1-24(2,3)30-23(29)27-16-14-20(15-17-27)25-22(28)26-21(18-10-6-4-7-11-18)19-12-8-5-9-13-19/h4-13,20-21H,14-17H2,1-3H3,(H2,25,26,28). The molecule has 0 atom stereocenters. The Kier molecular flexibility index (Phi) is 6.98. The fourth-order valence-corrected chi connectivity index (χ4v) is 3.54. The highest BCUT2D eigenvalue weighted by Crippen LogP contribution is 2.22. The fourth-order valence-electron chi connectivity index (χ4n) is 3.54. The number of hydrogen-bond acceptors (Lipinski definition) is 3. The van der Waals surface area contributed by atoms with Gasteiger partial charge >= 0.3 is 12.1 Å². The molecule has 160 valence electrons. The maximum absolute atomic E-state index is 12.7. The average molecular weight is 410 g/mol. The van der Waals surface area contributed by atoms with Crippen molar-refractivity contribution < 1.29 is 14.3 Å². The molecular weight excluding hydrogens is 378 g/mol. The number of rotatable bonds is 4. The monoisotopic (exact) mass is 409 g/mol. The van der Waals surface area contributed by atoms with Crippen LogP contribution in [0.15, 0.2) is 60.7 Å². The maximum atomic E-state index is 12.7. The minimum Gasteiger partial charge on any atom is -0.444 e. The molecular formula is C24H31N3O3. The molecule has 0 aliphatic carbocycles. The predicted octanol–water partition coefficient (Wildman–Crippen LogP) is 4.47. The van der Waals surface area contributed by atoms with Crippen molar-refractivity contribution in [3.05, 3.63) is 71.8 Å². The number of benzene rings is 2. The molecule has 1 aliphatic rings. The fraction of sp³-hybridized carbons (Fsp3) is 0.417. The predicted molar refractivity (Wildman–Crippen MR) is 117 cm³/mol. The Balaban J connectivity index is 1.56. The Morgan fingerprint density at radius 1 is 0.933 bits per heavy atom. The van der Waals surface area contributed by atoms with Crippen LogP contribution in [0.2, 0.25) is 0 Å². The van der Waals surface area contributed by atoms with Gasteiger partial charge in [0.2, 0.25) is 0 Å². The quantitative estimate of drug-likeness (QED) is 0.782. The first-order valence-corrected chi connectivity index (χ1v) is 10.5. The van der Waals surface area contributed by atoms with Gasteiger partial charge in [-0.05, 0) is 44.7 Å². The lowest BCUT2D eigenvalue weighted by molar-refractivity contribution is 0.0201. The molecule has 6 nitrogen and oxygen atoms in total. The summed E-state index contributed by atoms with van der Waals surface area (Å²) in [6, 6.07) is 19.4. The Morgan fingerprint density at radius 2 is 1.43 bits per heavy atom. The minimum atomic E-state index is -0.504. The zero-order valence-electron chi connectivity index (χ0n) is 17.9. The molecule has 30 heavy (non-hydrogen) atoms. The Hall–Kier alpha value is -3.02. The largest absolute Gasteiger partial charge is 0.444 e. The minimum absolute atomic E-state index is 0.0240. The summed E-state index contributed by atoms with van der Waals surface area (Å²) in [5.74, 6) is 0. The van der Waals surface area contributed by atoms with Gasteiger partial charge in [0, 0.05) is 19.1 Å². The average Bonchev–Trinajstić information content (AvgIpc) is 2.72. The van der Waals surface area contributed by atoms with Gasteiger partial charge in [0.15, 0.2) is 0 Å². The van der Waals surface area contributed by atoms with Gasteiger partial charge < -0.3 is 20.3 Å². The van der Waals surface area contributed by atoms with Crippen molar-refractivity contribution in [1.29, 1.82) is 0 Å². The van der Waals surface area contributed by atoms with E-state index in [2.05, 4.69) is 10.6 Å². The lowest BCUT2D eigenvalue weighted by Crippen LogP contribution is -2.50. The summed E-state index contributed by atoms with van der Waals surface area (Å²) in [5, 5.41) is 6.17. The van der Waals surface area contributed by atoms with Crippen LogP contribution >= 0.6 is 0 Å². The summed E-state index contributed by atoms with van der Waals surface area (Å²) in [7, 11) is 0. The molecule has 6 heteroatoms. The summed E-state index contributed by atoms with van der Waals surface area (Å²) in [6.07, 6.45) is 1.11. The van der Waals surface area contributed by atoms with E-state index < -0.39 is 5.60 Å². The SMILES string of the molecule is CC(C)(C)OC(=O)N1CCC(NC(=O)NC(c2ccccc2)c2ccccc2)CC1. The highest BCUT2D eigenvalue weighted by Gasteiger charge is 2.28. The van der Waals surface area contributed by atoms with E-state index in [1.54, 1.807) is 4.90 Å². The van der Waals surface area contributed by atoms with E-state index in [0.717, 1.165) is 11.1 Å². The van der Waals surface area contributed by atoms with Crippen LogP contribution in [-0.4, -0.2) is 41.8 Å². The Labute approximate surface area is 178 Å². The number of hydrogen-bond donors (Lipinski definition) is 2. The van der Waals surface area contributed by atoms with Crippen LogP contribution in [0.4, 0.5) is 9.59 Å². The molecule has 0 radical (unpaired) electrons. The first-order chi connectivity index (χ1) is 14.3. The third kappa shape index (κ3) is 6.24. The van der Waals surface area contributed by atoms with Gasteiger partial charge in [-0.25, -0.2) is 9.59 Å². The van der Waals surface area contributed by atoms with E-state index in [1.165, 1.54) is 0 Å². The molecule has 2 N–H and O–H groups in total. The van der Waals surface area contributed by atoms with Crippen LogP contribution in [0.25, 0.3) is 0 Å². The number of ether oxygens (including phenoxy) is 1. The summed E-state index contributed by atoms with van der Waals surface area (Å²) < 4.78 is 5.43. The molecule has 1 saturated heterocycles. The van der Waals surface area contributed by atoms with Crippen molar-refractivity contribution in [2.24, 2.45) is 0 Å². The molecule has 0 spiro atoms. The first kappa shape index (κ1) is 21.7. The van der Waals surface area contributed by atoms with E-state index in [-0.39, 0.29) is 24.2 Å².